The van der Waals surface area contributed by atoms with Crippen LogP contribution in [0.25, 0.3) is 6.08 Å². The molecule has 0 aliphatic carbocycles. The van der Waals surface area contributed by atoms with Crippen LogP contribution in [0.15, 0.2) is 42.6 Å². The third-order valence-corrected chi connectivity index (χ3v) is 4.69. The first-order chi connectivity index (χ1) is 15.6. The number of carbonyl (C=O) groups excluding carboxylic acids is 2. The Morgan fingerprint density at radius 3 is 2.42 bits per heavy atom. The summed E-state index contributed by atoms with van der Waals surface area (Å²) in [5, 5.41) is 0. The first-order valence-corrected chi connectivity index (χ1v) is 10.8. The van der Waals surface area contributed by atoms with Crippen LogP contribution in [0.1, 0.15) is 55.1 Å². The number of halogens is 1. The molecule has 0 aliphatic rings. The molecule has 0 fully saturated rings. The second kappa shape index (κ2) is 15.7. The fourth-order valence-corrected chi connectivity index (χ4v) is 3.04. The highest BCUT2D eigenvalue weighted by molar-refractivity contribution is 6.08. The number of methoxy groups -OCH3 is 2. The van der Waals surface area contributed by atoms with E-state index in [1.165, 1.54) is 13.2 Å². The summed E-state index contributed by atoms with van der Waals surface area (Å²) in [7, 11) is 3.09. The van der Waals surface area contributed by atoms with Gasteiger partial charge in [-0.2, -0.15) is 0 Å². The van der Waals surface area contributed by atoms with Gasteiger partial charge in [0.05, 0.1) is 44.9 Å². The molecule has 0 saturated heterocycles. The molecule has 1 aromatic heterocycles. The molecule has 33 heavy (non-hydrogen) atoms. The number of benzene rings is 1. The summed E-state index contributed by atoms with van der Waals surface area (Å²) >= 11 is 0. The second-order valence-corrected chi connectivity index (χ2v) is 6.98. The van der Waals surface area contributed by atoms with Crippen molar-refractivity contribution in [3.8, 4) is 17.2 Å². The highest BCUT2D eigenvalue weighted by Crippen LogP contribution is 2.27. The Balaban J connectivity index is 0.00000544. The van der Waals surface area contributed by atoms with Crippen LogP contribution in [0.4, 0.5) is 0 Å². The molecule has 1 heterocycles. The van der Waals surface area contributed by atoms with E-state index >= 15 is 0 Å². The Kier molecular flexibility index (Phi) is 13.3. The minimum atomic E-state index is -0.176. The maximum absolute atomic E-state index is 12.5. The van der Waals surface area contributed by atoms with Gasteiger partial charge < -0.3 is 18.9 Å². The molecule has 0 N–H and O–H groups in total. The van der Waals surface area contributed by atoms with Crippen LogP contribution >= 0.6 is 12.4 Å². The molecule has 180 valence electrons. The smallest absolute Gasteiger partial charge is 0.305 e. The van der Waals surface area contributed by atoms with E-state index in [2.05, 4.69) is 4.98 Å². The third kappa shape index (κ3) is 9.53. The summed E-state index contributed by atoms with van der Waals surface area (Å²) in [6.07, 6.45) is 8.68. The van der Waals surface area contributed by atoms with Gasteiger partial charge in [-0.1, -0.05) is 25.0 Å². The maximum Gasteiger partial charge on any atom is 0.305 e. The van der Waals surface area contributed by atoms with Crippen LogP contribution in [0.5, 0.6) is 17.2 Å². The van der Waals surface area contributed by atoms with E-state index < -0.39 is 0 Å². The van der Waals surface area contributed by atoms with E-state index in [1.54, 1.807) is 43.6 Å². The molecule has 8 heteroatoms. The van der Waals surface area contributed by atoms with E-state index in [4.69, 9.17) is 18.9 Å². The van der Waals surface area contributed by atoms with Gasteiger partial charge in [-0.05, 0) is 44.1 Å². The van der Waals surface area contributed by atoms with Crippen molar-refractivity contribution in [2.24, 2.45) is 0 Å². The molecule has 1 aromatic carbocycles. The quantitative estimate of drug-likeness (QED) is 0.158. The van der Waals surface area contributed by atoms with E-state index in [0.717, 1.165) is 25.7 Å². The Labute approximate surface area is 201 Å². The summed E-state index contributed by atoms with van der Waals surface area (Å²) in [5.41, 5.74) is 1.07. The maximum atomic E-state index is 12.5. The lowest BCUT2D eigenvalue weighted by atomic mass is 10.1. The number of nitrogens with zero attached hydrogens (tertiary/aromatic N) is 1. The van der Waals surface area contributed by atoms with E-state index in [-0.39, 0.29) is 24.2 Å². The normalized spacial score (nSPS) is 10.4. The topological polar surface area (TPSA) is 84.0 Å². The molecule has 0 radical (unpaired) electrons. The molecule has 0 aliphatic heterocycles. The van der Waals surface area contributed by atoms with E-state index in [9.17, 15) is 9.59 Å². The van der Waals surface area contributed by atoms with Crippen LogP contribution < -0.4 is 14.2 Å². The van der Waals surface area contributed by atoms with Crippen molar-refractivity contribution >= 4 is 30.2 Å². The standard InChI is InChI=1S/C25H31NO6.ClH/c1-4-31-25(28)13-7-5-6-10-16-32-23-17-19(26-18-24(23)30-3)14-15-21(27)20-11-8-9-12-22(20)29-2;/h8-9,11-12,14-15,17-18H,4-7,10,13,16H2,1-3H3;1H/b15-14+;. The third-order valence-electron chi connectivity index (χ3n) is 4.69. The van der Waals surface area contributed by atoms with Crippen LogP contribution in [0.2, 0.25) is 0 Å². The molecule has 0 spiro atoms. The Hall–Kier alpha value is -3.06. The zero-order chi connectivity index (χ0) is 23.2. The van der Waals surface area contributed by atoms with Crippen molar-refractivity contribution in [3.63, 3.8) is 0 Å². The highest BCUT2D eigenvalue weighted by Gasteiger charge is 2.10. The summed E-state index contributed by atoms with van der Waals surface area (Å²) in [4.78, 5) is 28.1. The van der Waals surface area contributed by atoms with Crippen molar-refractivity contribution in [1.82, 2.24) is 4.98 Å². The number of esters is 1. The van der Waals surface area contributed by atoms with Gasteiger partial charge in [0, 0.05) is 12.5 Å². The van der Waals surface area contributed by atoms with Crippen LogP contribution in [0, 0.1) is 0 Å². The zero-order valence-electron chi connectivity index (χ0n) is 19.4. The number of para-hydroxylation sites is 1. The summed E-state index contributed by atoms with van der Waals surface area (Å²) in [6.45, 7) is 2.75. The Morgan fingerprint density at radius 2 is 1.70 bits per heavy atom. The van der Waals surface area contributed by atoms with Gasteiger partial charge in [-0.3, -0.25) is 14.6 Å². The van der Waals surface area contributed by atoms with Crippen LogP contribution in [-0.4, -0.2) is 44.2 Å². The predicted octanol–water partition coefficient (Wildman–Crippen LogP) is 5.31. The number of ketones is 1. The number of allylic oxidation sites excluding steroid dienone is 1. The van der Waals surface area contributed by atoms with E-state index in [1.807, 2.05) is 13.0 Å². The monoisotopic (exact) mass is 477 g/mol. The summed E-state index contributed by atoms with van der Waals surface area (Å²) in [5.74, 6) is 1.30. The largest absolute Gasteiger partial charge is 0.496 e. The average Bonchev–Trinajstić information content (AvgIpc) is 2.82. The van der Waals surface area contributed by atoms with Crippen molar-refractivity contribution in [3.05, 3.63) is 53.9 Å². The molecular formula is C25H32ClNO6. The van der Waals surface area contributed by atoms with Gasteiger partial charge in [-0.15, -0.1) is 12.4 Å². The molecular weight excluding hydrogens is 446 g/mol. The molecule has 0 bridgehead atoms. The zero-order valence-corrected chi connectivity index (χ0v) is 20.2. The van der Waals surface area contributed by atoms with Gasteiger partial charge >= 0.3 is 5.97 Å². The van der Waals surface area contributed by atoms with E-state index in [0.29, 0.717) is 48.1 Å². The van der Waals surface area contributed by atoms with Crippen molar-refractivity contribution in [2.45, 2.75) is 39.0 Å². The lowest BCUT2D eigenvalue weighted by molar-refractivity contribution is -0.143. The Bertz CT molecular complexity index is 916. The van der Waals surface area contributed by atoms with Gasteiger partial charge in [0.2, 0.25) is 0 Å². The second-order valence-electron chi connectivity index (χ2n) is 6.98. The minimum Gasteiger partial charge on any atom is -0.496 e. The minimum absolute atomic E-state index is 0. The number of hydrogen-bond donors (Lipinski definition) is 0. The summed E-state index contributed by atoms with van der Waals surface area (Å²) in [6, 6.07) is 8.81. The lowest BCUT2D eigenvalue weighted by Crippen LogP contribution is -2.03. The molecule has 0 amide bonds. The molecule has 7 nitrogen and oxygen atoms in total. The number of pyridine rings is 1. The number of aromatic nitrogens is 1. The molecule has 0 saturated carbocycles. The fraction of sp³-hybridized carbons (Fsp3) is 0.400. The average molecular weight is 478 g/mol. The SMILES string of the molecule is CCOC(=O)CCCCCCOc1cc(/C=C/C(=O)c2ccccc2OC)ncc1OC.Cl. The van der Waals surface area contributed by atoms with Gasteiger partial charge in [0.15, 0.2) is 17.3 Å². The van der Waals surface area contributed by atoms with Crippen molar-refractivity contribution < 1.29 is 28.5 Å². The Morgan fingerprint density at radius 1 is 0.970 bits per heavy atom. The molecule has 0 unspecified atom stereocenters. The van der Waals surface area contributed by atoms with Crippen molar-refractivity contribution in [2.75, 3.05) is 27.4 Å². The molecule has 2 aromatic rings. The predicted molar refractivity (Wildman–Crippen MR) is 130 cm³/mol. The highest BCUT2D eigenvalue weighted by atomic mass is 35.5. The van der Waals surface area contributed by atoms with Crippen LogP contribution in [-0.2, 0) is 9.53 Å². The first kappa shape index (κ1) is 28.0. The van der Waals surface area contributed by atoms with Gasteiger partial charge in [0.1, 0.15) is 5.75 Å². The number of unbranched alkanes of at least 4 members (excludes halogenated alkanes) is 3. The first-order valence-electron chi connectivity index (χ1n) is 10.8. The summed E-state index contributed by atoms with van der Waals surface area (Å²) < 4.78 is 21.4. The van der Waals surface area contributed by atoms with Crippen molar-refractivity contribution in [1.29, 1.82) is 0 Å². The number of rotatable bonds is 14. The number of ether oxygens (including phenoxy) is 4. The molecule has 0 atom stereocenters. The fourth-order valence-electron chi connectivity index (χ4n) is 3.04. The van der Waals surface area contributed by atoms with Crippen LogP contribution in [0.3, 0.4) is 0 Å². The van der Waals surface area contributed by atoms with Gasteiger partial charge in [-0.25, -0.2) is 0 Å². The van der Waals surface area contributed by atoms with Gasteiger partial charge in [0.25, 0.3) is 0 Å². The lowest BCUT2D eigenvalue weighted by Gasteiger charge is -2.11. The number of carbonyl (C=O) groups is 2. The molecule has 2 rings (SSSR count). The number of hydrogen-bond acceptors (Lipinski definition) is 7.